The first kappa shape index (κ1) is 25.4. The number of amides is 3. The van der Waals surface area contributed by atoms with Crippen LogP contribution in [-0.4, -0.2) is 41.2 Å². The molecule has 1 aliphatic heterocycles. The van der Waals surface area contributed by atoms with Crippen LogP contribution in [-0.2, 0) is 16.1 Å². The van der Waals surface area contributed by atoms with Crippen molar-refractivity contribution in [3.8, 4) is 0 Å². The summed E-state index contributed by atoms with van der Waals surface area (Å²) in [6.45, 7) is 8.62. The zero-order chi connectivity index (χ0) is 25.8. The average Bonchev–Trinajstić information content (AvgIpc) is 3.12. The van der Waals surface area contributed by atoms with Crippen molar-refractivity contribution in [2.75, 3.05) is 11.4 Å². The van der Waals surface area contributed by atoms with Crippen LogP contribution in [0.1, 0.15) is 61.5 Å². The van der Waals surface area contributed by atoms with Crippen LogP contribution in [0.15, 0.2) is 60.7 Å². The second kappa shape index (κ2) is 10.9. The van der Waals surface area contributed by atoms with Gasteiger partial charge in [0.2, 0.25) is 11.8 Å². The largest absolute Gasteiger partial charge is 0.352 e. The summed E-state index contributed by atoms with van der Waals surface area (Å²) in [6.07, 6.45) is 1.30. The number of anilines is 1. The van der Waals surface area contributed by atoms with Gasteiger partial charge < -0.3 is 15.1 Å². The Morgan fingerprint density at radius 1 is 1.00 bits per heavy atom. The lowest BCUT2D eigenvalue weighted by Crippen LogP contribution is -2.50. The van der Waals surface area contributed by atoms with Crippen molar-refractivity contribution in [1.29, 1.82) is 0 Å². The summed E-state index contributed by atoms with van der Waals surface area (Å²) in [4.78, 5) is 43.1. The van der Waals surface area contributed by atoms with Crippen molar-refractivity contribution < 1.29 is 14.4 Å². The van der Waals surface area contributed by atoms with Crippen LogP contribution in [0.3, 0.4) is 0 Å². The Hall–Kier alpha value is -3.67. The van der Waals surface area contributed by atoms with Gasteiger partial charge in [0, 0.05) is 36.5 Å². The fraction of sp³-hybridized carbons (Fsp3) is 0.367. The SMILES string of the molecule is CC[C@H](C(=O)NC(C)C)N(Cc1ccccc1C)C(=O)CCCN1C(=O)c2cccc3cccc1c23. The number of aryl methyl sites for hydroxylation is 1. The molecule has 0 saturated heterocycles. The van der Waals surface area contributed by atoms with E-state index in [-0.39, 0.29) is 30.2 Å². The number of nitrogens with one attached hydrogen (secondary N) is 1. The zero-order valence-corrected chi connectivity index (χ0v) is 21.6. The summed E-state index contributed by atoms with van der Waals surface area (Å²) >= 11 is 0. The second-order valence-electron chi connectivity index (χ2n) is 9.78. The van der Waals surface area contributed by atoms with E-state index in [1.54, 1.807) is 9.80 Å². The number of carbonyl (C=O) groups is 3. The van der Waals surface area contributed by atoms with Gasteiger partial charge in [-0.05, 0) is 62.3 Å². The molecule has 0 spiro atoms. The van der Waals surface area contributed by atoms with E-state index in [4.69, 9.17) is 0 Å². The molecule has 0 radical (unpaired) electrons. The van der Waals surface area contributed by atoms with E-state index in [0.29, 0.717) is 31.5 Å². The molecule has 6 heteroatoms. The molecule has 36 heavy (non-hydrogen) atoms. The van der Waals surface area contributed by atoms with Crippen molar-refractivity contribution >= 4 is 34.2 Å². The maximum absolute atomic E-state index is 13.6. The molecule has 3 aromatic carbocycles. The Morgan fingerprint density at radius 2 is 1.72 bits per heavy atom. The van der Waals surface area contributed by atoms with Gasteiger partial charge in [0.15, 0.2) is 0 Å². The molecule has 0 unspecified atom stereocenters. The maximum atomic E-state index is 13.6. The molecule has 188 valence electrons. The first-order valence-electron chi connectivity index (χ1n) is 12.8. The van der Waals surface area contributed by atoms with Crippen LogP contribution >= 0.6 is 0 Å². The minimum absolute atomic E-state index is 0.00696. The summed E-state index contributed by atoms with van der Waals surface area (Å²) < 4.78 is 0. The van der Waals surface area contributed by atoms with Crippen molar-refractivity contribution in [2.45, 2.75) is 65.6 Å². The number of carbonyl (C=O) groups excluding carboxylic acids is 3. The van der Waals surface area contributed by atoms with Crippen molar-refractivity contribution in [3.05, 3.63) is 77.4 Å². The molecule has 0 aliphatic carbocycles. The molecule has 0 bridgehead atoms. The lowest BCUT2D eigenvalue weighted by atomic mass is 10.0. The van der Waals surface area contributed by atoms with Crippen molar-refractivity contribution in [3.63, 3.8) is 0 Å². The lowest BCUT2D eigenvalue weighted by molar-refractivity contribution is -0.141. The van der Waals surface area contributed by atoms with E-state index in [2.05, 4.69) is 5.32 Å². The third-order valence-electron chi connectivity index (χ3n) is 6.84. The van der Waals surface area contributed by atoms with Gasteiger partial charge in [0.1, 0.15) is 6.04 Å². The Balaban J connectivity index is 1.50. The van der Waals surface area contributed by atoms with E-state index in [9.17, 15) is 14.4 Å². The summed E-state index contributed by atoms with van der Waals surface area (Å²) in [5.74, 6) is -0.230. The molecule has 6 nitrogen and oxygen atoms in total. The third kappa shape index (κ3) is 5.13. The Labute approximate surface area is 213 Å². The van der Waals surface area contributed by atoms with Gasteiger partial charge in [0.25, 0.3) is 5.91 Å². The maximum Gasteiger partial charge on any atom is 0.258 e. The van der Waals surface area contributed by atoms with Crippen LogP contribution in [0.2, 0.25) is 0 Å². The van der Waals surface area contributed by atoms with Crippen molar-refractivity contribution in [2.24, 2.45) is 0 Å². The summed E-state index contributed by atoms with van der Waals surface area (Å²) in [5.41, 5.74) is 3.73. The minimum Gasteiger partial charge on any atom is -0.352 e. The first-order valence-corrected chi connectivity index (χ1v) is 12.8. The smallest absolute Gasteiger partial charge is 0.258 e. The summed E-state index contributed by atoms with van der Waals surface area (Å²) in [6, 6.07) is 19.1. The van der Waals surface area contributed by atoms with Crippen LogP contribution in [0.4, 0.5) is 5.69 Å². The molecule has 3 amide bonds. The highest BCUT2D eigenvalue weighted by atomic mass is 16.2. The van der Waals surface area contributed by atoms with Crippen LogP contribution < -0.4 is 10.2 Å². The van der Waals surface area contributed by atoms with Gasteiger partial charge in [-0.3, -0.25) is 14.4 Å². The molecule has 1 atom stereocenters. The van der Waals surface area contributed by atoms with E-state index < -0.39 is 6.04 Å². The Bertz CT molecular complexity index is 1280. The normalized spacial score (nSPS) is 13.4. The number of rotatable bonds is 10. The van der Waals surface area contributed by atoms with Crippen LogP contribution in [0.5, 0.6) is 0 Å². The van der Waals surface area contributed by atoms with E-state index in [0.717, 1.165) is 27.6 Å². The average molecular weight is 486 g/mol. The predicted octanol–water partition coefficient (Wildman–Crippen LogP) is 5.22. The van der Waals surface area contributed by atoms with Crippen LogP contribution in [0.25, 0.3) is 10.8 Å². The molecule has 1 aliphatic rings. The van der Waals surface area contributed by atoms with Gasteiger partial charge in [-0.1, -0.05) is 55.5 Å². The number of hydrogen-bond acceptors (Lipinski definition) is 3. The molecule has 1 heterocycles. The molecule has 0 fully saturated rings. The Kier molecular flexibility index (Phi) is 7.73. The van der Waals surface area contributed by atoms with Gasteiger partial charge in [-0.15, -0.1) is 0 Å². The fourth-order valence-electron chi connectivity index (χ4n) is 5.00. The molecular formula is C30H35N3O3. The van der Waals surface area contributed by atoms with Gasteiger partial charge in [-0.25, -0.2) is 0 Å². The minimum atomic E-state index is -0.550. The van der Waals surface area contributed by atoms with E-state index in [1.165, 1.54) is 0 Å². The lowest BCUT2D eigenvalue weighted by Gasteiger charge is -2.32. The molecular weight excluding hydrogens is 450 g/mol. The van der Waals surface area contributed by atoms with Gasteiger partial charge >= 0.3 is 0 Å². The van der Waals surface area contributed by atoms with Crippen LogP contribution in [0, 0.1) is 6.92 Å². The topological polar surface area (TPSA) is 69.7 Å². The van der Waals surface area contributed by atoms with Gasteiger partial charge in [0.05, 0.1) is 5.69 Å². The summed E-state index contributed by atoms with van der Waals surface area (Å²) in [7, 11) is 0. The fourth-order valence-corrected chi connectivity index (χ4v) is 5.00. The summed E-state index contributed by atoms with van der Waals surface area (Å²) in [5, 5.41) is 5.00. The highest BCUT2D eigenvalue weighted by Gasteiger charge is 2.31. The van der Waals surface area contributed by atoms with E-state index >= 15 is 0 Å². The number of hydrogen-bond donors (Lipinski definition) is 1. The standard InChI is InChI=1S/C30H35N3O3/c1-5-25(29(35)31-20(2)3)33(19-23-12-7-6-11-21(23)4)27(34)17-10-18-32-26-16-9-14-22-13-8-15-24(28(22)26)30(32)36/h6-9,11-16,20,25H,5,10,17-19H2,1-4H3,(H,31,35)/t25-/m1/s1. The quantitative estimate of drug-likeness (QED) is 0.428. The molecule has 0 aromatic heterocycles. The molecule has 0 saturated carbocycles. The molecule has 4 rings (SSSR count). The monoisotopic (exact) mass is 485 g/mol. The Morgan fingerprint density at radius 3 is 2.42 bits per heavy atom. The third-order valence-corrected chi connectivity index (χ3v) is 6.84. The number of benzene rings is 3. The number of nitrogens with zero attached hydrogens (tertiary/aromatic N) is 2. The van der Waals surface area contributed by atoms with Gasteiger partial charge in [-0.2, -0.15) is 0 Å². The second-order valence-corrected chi connectivity index (χ2v) is 9.78. The highest BCUT2D eigenvalue weighted by molar-refractivity contribution is 6.25. The first-order chi connectivity index (χ1) is 17.3. The highest BCUT2D eigenvalue weighted by Crippen LogP contribution is 2.37. The molecule has 1 N–H and O–H groups in total. The predicted molar refractivity (Wildman–Crippen MR) is 144 cm³/mol. The van der Waals surface area contributed by atoms with E-state index in [1.807, 2.05) is 88.4 Å². The molecule has 3 aromatic rings. The van der Waals surface area contributed by atoms with Crippen molar-refractivity contribution in [1.82, 2.24) is 10.2 Å². The zero-order valence-electron chi connectivity index (χ0n) is 21.6.